The summed E-state index contributed by atoms with van der Waals surface area (Å²) in [6.45, 7) is 0. The van der Waals surface area contributed by atoms with Gasteiger partial charge in [-0.25, -0.2) is 4.79 Å². The zero-order chi connectivity index (χ0) is 14.2. The van der Waals surface area contributed by atoms with Crippen LogP contribution in [0.5, 0.6) is 0 Å². The van der Waals surface area contributed by atoms with Gasteiger partial charge in [-0.1, -0.05) is 25.7 Å². The Bertz CT molecular complexity index is 401. The van der Waals surface area contributed by atoms with E-state index in [1.165, 1.54) is 0 Å². The Kier molecular flexibility index (Phi) is 3.71. The van der Waals surface area contributed by atoms with Gasteiger partial charge >= 0.3 is 5.97 Å². The number of carbonyl (C=O) groups excluding carboxylic acids is 1. The van der Waals surface area contributed by atoms with Gasteiger partial charge in [-0.05, 0) is 32.1 Å². The highest BCUT2D eigenvalue weighted by Gasteiger charge is 2.48. The van der Waals surface area contributed by atoms with Gasteiger partial charge in [0.05, 0.1) is 18.1 Å². The highest BCUT2D eigenvalue weighted by molar-refractivity contribution is 5.88. The number of carboxylic acids is 1. The van der Waals surface area contributed by atoms with Crippen LogP contribution in [0.1, 0.15) is 57.8 Å². The lowest BCUT2D eigenvalue weighted by Gasteiger charge is -2.31. The van der Waals surface area contributed by atoms with E-state index in [1.807, 2.05) is 0 Å². The maximum absolute atomic E-state index is 12.5. The zero-order valence-electron chi connectivity index (χ0n) is 11.8. The van der Waals surface area contributed by atoms with E-state index in [4.69, 9.17) is 4.74 Å². The molecule has 5 nitrogen and oxygen atoms in total. The van der Waals surface area contributed by atoms with E-state index in [1.54, 1.807) is 0 Å². The first kappa shape index (κ1) is 13.9. The Morgan fingerprint density at radius 1 is 1.10 bits per heavy atom. The number of fused-ring (bicyclic) bond motifs is 2. The molecule has 20 heavy (non-hydrogen) atoms. The Morgan fingerprint density at radius 3 is 2.30 bits per heavy atom. The van der Waals surface area contributed by atoms with E-state index in [9.17, 15) is 14.7 Å². The van der Waals surface area contributed by atoms with Gasteiger partial charge in [-0.2, -0.15) is 0 Å². The smallest absolute Gasteiger partial charge is 0.329 e. The van der Waals surface area contributed by atoms with Crippen LogP contribution in [0.15, 0.2) is 0 Å². The molecule has 3 rings (SSSR count). The lowest BCUT2D eigenvalue weighted by Crippen LogP contribution is -2.56. The highest BCUT2D eigenvalue weighted by atomic mass is 16.5. The molecule has 2 saturated heterocycles. The maximum atomic E-state index is 12.5. The molecule has 112 valence electrons. The van der Waals surface area contributed by atoms with E-state index in [2.05, 4.69) is 5.32 Å². The quantitative estimate of drug-likeness (QED) is 0.774. The maximum Gasteiger partial charge on any atom is 0.329 e. The number of carbonyl (C=O) groups is 2. The molecular formula is C15H23NO4. The SMILES string of the molecule is O=C(NC1(C(=O)O)CCCCCC1)C1CC2CCC1O2. The molecule has 1 saturated carbocycles. The van der Waals surface area contributed by atoms with Gasteiger partial charge in [0.2, 0.25) is 5.91 Å². The predicted octanol–water partition coefficient (Wildman–Crippen LogP) is 1.85. The van der Waals surface area contributed by atoms with Crippen molar-refractivity contribution in [2.75, 3.05) is 0 Å². The zero-order valence-corrected chi connectivity index (χ0v) is 11.8. The minimum absolute atomic E-state index is 0.0108. The summed E-state index contributed by atoms with van der Waals surface area (Å²) in [5.41, 5.74) is -1.05. The minimum Gasteiger partial charge on any atom is -0.480 e. The Morgan fingerprint density at radius 2 is 1.80 bits per heavy atom. The van der Waals surface area contributed by atoms with E-state index < -0.39 is 11.5 Å². The van der Waals surface area contributed by atoms with Crippen LogP contribution < -0.4 is 5.32 Å². The molecule has 3 unspecified atom stereocenters. The third-order valence-corrected chi connectivity index (χ3v) is 5.17. The lowest BCUT2D eigenvalue weighted by atomic mass is 9.85. The molecule has 2 heterocycles. The average Bonchev–Trinajstić information content (AvgIpc) is 2.97. The van der Waals surface area contributed by atoms with Crippen LogP contribution in [0.2, 0.25) is 0 Å². The number of amides is 1. The van der Waals surface area contributed by atoms with E-state index >= 15 is 0 Å². The molecule has 0 aromatic rings. The summed E-state index contributed by atoms with van der Waals surface area (Å²) in [7, 11) is 0. The number of aliphatic carboxylic acids is 1. The fraction of sp³-hybridized carbons (Fsp3) is 0.867. The van der Waals surface area contributed by atoms with Gasteiger partial charge in [0.1, 0.15) is 5.54 Å². The van der Waals surface area contributed by atoms with Crippen LogP contribution >= 0.6 is 0 Å². The van der Waals surface area contributed by atoms with Gasteiger partial charge in [-0.3, -0.25) is 4.79 Å². The van der Waals surface area contributed by atoms with E-state index in [-0.39, 0.29) is 24.0 Å². The van der Waals surface area contributed by atoms with Crippen molar-refractivity contribution in [2.45, 2.75) is 75.5 Å². The van der Waals surface area contributed by atoms with Crippen molar-refractivity contribution < 1.29 is 19.4 Å². The first-order valence-electron chi connectivity index (χ1n) is 7.82. The van der Waals surface area contributed by atoms with Crippen molar-refractivity contribution in [3.8, 4) is 0 Å². The second-order valence-electron chi connectivity index (χ2n) is 6.51. The topological polar surface area (TPSA) is 75.6 Å². The molecule has 3 aliphatic rings. The Balaban J connectivity index is 1.69. The summed E-state index contributed by atoms with van der Waals surface area (Å²) in [6.07, 6.45) is 7.92. The fourth-order valence-corrected chi connectivity index (χ4v) is 3.97. The Labute approximate surface area is 119 Å². The van der Waals surface area contributed by atoms with Gasteiger partial charge in [0.15, 0.2) is 0 Å². The molecule has 0 aromatic carbocycles. The molecule has 3 atom stereocenters. The van der Waals surface area contributed by atoms with Crippen molar-refractivity contribution in [2.24, 2.45) is 5.92 Å². The minimum atomic E-state index is -1.05. The van der Waals surface area contributed by atoms with Crippen LogP contribution in [0, 0.1) is 5.92 Å². The van der Waals surface area contributed by atoms with Gasteiger partial charge in [0, 0.05) is 0 Å². The van der Waals surface area contributed by atoms with Crippen molar-refractivity contribution in [3.05, 3.63) is 0 Å². The summed E-state index contributed by atoms with van der Waals surface area (Å²) < 4.78 is 5.71. The molecule has 3 fully saturated rings. The number of hydrogen-bond acceptors (Lipinski definition) is 3. The molecule has 0 aromatic heterocycles. The molecule has 2 N–H and O–H groups in total. The molecule has 1 aliphatic carbocycles. The first-order chi connectivity index (χ1) is 9.61. The number of rotatable bonds is 3. The second kappa shape index (κ2) is 5.35. The molecule has 2 aliphatic heterocycles. The Hall–Kier alpha value is -1.10. The van der Waals surface area contributed by atoms with E-state index in [0.29, 0.717) is 12.8 Å². The number of carboxylic acid groups (broad SMARTS) is 1. The summed E-state index contributed by atoms with van der Waals surface area (Å²) in [6, 6.07) is 0. The molecule has 1 amide bonds. The van der Waals surface area contributed by atoms with Gasteiger partial charge in [-0.15, -0.1) is 0 Å². The standard InChI is InChI=1S/C15H23NO4/c17-13(11-9-10-5-6-12(11)20-10)16-15(14(18)19)7-3-1-2-4-8-15/h10-12H,1-9H2,(H,16,17)(H,18,19). The lowest BCUT2D eigenvalue weighted by molar-refractivity contribution is -0.149. The molecule has 0 radical (unpaired) electrons. The number of hydrogen-bond donors (Lipinski definition) is 2. The van der Waals surface area contributed by atoms with Crippen molar-refractivity contribution in [1.29, 1.82) is 0 Å². The average molecular weight is 281 g/mol. The largest absolute Gasteiger partial charge is 0.480 e. The van der Waals surface area contributed by atoms with Crippen molar-refractivity contribution in [1.82, 2.24) is 5.32 Å². The first-order valence-corrected chi connectivity index (χ1v) is 7.82. The summed E-state index contributed by atoms with van der Waals surface area (Å²) >= 11 is 0. The molecule has 0 spiro atoms. The normalized spacial score (nSPS) is 35.5. The van der Waals surface area contributed by atoms with Crippen LogP contribution in [0.25, 0.3) is 0 Å². The van der Waals surface area contributed by atoms with Crippen LogP contribution in [0.4, 0.5) is 0 Å². The monoisotopic (exact) mass is 281 g/mol. The van der Waals surface area contributed by atoms with Crippen molar-refractivity contribution in [3.63, 3.8) is 0 Å². The summed E-state index contributed by atoms with van der Waals surface area (Å²) in [5, 5.41) is 12.5. The molecule has 2 bridgehead atoms. The van der Waals surface area contributed by atoms with Gasteiger partial charge < -0.3 is 15.2 Å². The third kappa shape index (κ3) is 2.43. The van der Waals surface area contributed by atoms with Crippen LogP contribution in [0.3, 0.4) is 0 Å². The molecular weight excluding hydrogens is 258 g/mol. The fourth-order valence-electron chi connectivity index (χ4n) is 3.97. The third-order valence-electron chi connectivity index (χ3n) is 5.17. The number of ether oxygens (including phenoxy) is 1. The second-order valence-corrected chi connectivity index (χ2v) is 6.51. The van der Waals surface area contributed by atoms with Gasteiger partial charge in [0.25, 0.3) is 0 Å². The highest BCUT2D eigenvalue weighted by Crippen LogP contribution is 2.39. The van der Waals surface area contributed by atoms with Crippen LogP contribution in [-0.2, 0) is 14.3 Å². The summed E-state index contributed by atoms with van der Waals surface area (Å²) in [5.74, 6) is -1.13. The molecule has 5 heteroatoms. The van der Waals surface area contributed by atoms with E-state index in [0.717, 1.165) is 44.9 Å². The number of nitrogens with one attached hydrogen (secondary N) is 1. The van der Waals surface area contributed by atoms with Crippen LogP contribution in [-0.4, -0.2) is 34.7 Å². The summed E-state index contributed by atoms with van der Waals surface area (Å²) in [4.78, 5) is 24.2. The van der Waals surface area contributed by atoms with Crippen molar-refractivity contribution >= 4 is 11.9 Å². The predicted molar refractivity (Wildman–Crippen MR) is 72.2 cm³/mol.